The standard InChI is InChI=1S/C16H24N6/c1-10(2)17-14-20-15(18-11(3)4)22-16(21-14)19-13-9-7-6-8-12(13)5/h6-11H,1-5H3,(H3,17,18,19,20,21,22). The van der Waals surface area contributed by atoms with Crippen LogP contribution in [0.2, 0.25) is 0 Å². The van der Waals surface area contributed by atoms with Crippen molar-refractivity contribution in [3.05, 3.63) is 29.8 Å². The number of rotatable bonds is 6. The molecule has 1 heterocycles. The minimum atomic E-state index is 0.251. The molecular weight excluding hydrogens is 276 g/mol. The van der Waals surface area contributed by atoms with Gasteiger partial charge in [0, 0.05) is 17.8 Å². The summed E-state index contributed by atoms with van der Waals surface area (Å²) in [5, 5.41) is 9.69. The number of nitrogens with one attached hydrogen (secondary N) is 3. The van der Waals surface area contributed by atoms with Crippen LogP contribution in [-0.2, 0) is 0 Å². The summed E-state index contributed by atoms with van der Waals surface area (Å²) in [5.74, 6) is 1.64. The molecule has 2 rings (SSSR count). The summed E-state index contributed by atoms with van der Waals surface area (Å²) >= 11 is 0. The molecule has 0 saturated heterocycles. The maximum Gasteiger partial charge on any atom is 0.233 e. The third-order valence-corrected chi connectivity index (χ3v) is 2.86. The van der Waals surface area contributed by atoms with Crippen molar-refractivity contribution in [2.75, 3.05) is 16.0 Å². The van der Waals surface area contributed by atoms with Crippen molar-refractivity contribution in [1.29, 1.82) is 0 Å². The van der Waals surface area contributed by atoms with Gasteiger partial charge in [-0.2, -0.15) is 15.0 Å². The van der Waals surface area contributed by atoms with Gasteiger partial charge < -0.3 is 16.0 Å². The van der Waals surface area contributed by atoms with Crippen LogP contribution in [0.5, 0.6) is 0 Å². The van der Waals surface area contributed by atoms with Crippen molar-refractivity contribution < 1.29 is 0 Å². The van der Waals surface area contributed by atoms with Gasteiger partial charge in [-0.25, -0.2) is 0 Å². The fourth-order valence-corrected chi connectivity index (χ4v) is 1.91. The summed E-state index contributed by atoms with van der Waals surface area (Å²) in [5.41, 5.74) is 2.12. The molecule has 0 aliphatic rings. The lowest BCUT2D eigenvalue weighted by Gasteiger charge is -2.14. The molecule has 0 spiro atoms. The highest BCUT2D eigenvalue weighted by Crippen LogP contribution is 2.19. The fourth-order valence-electron chi connectivity index (χ4n) is 1.91. The maximum absolute atomic E-state index is 4.43. The fraction of sp³-hybridized carbons (Fsp3) is 0.438. The Morgan fingerprint density at radius 1 is 0.773 bits per heavy atom. The molecule has 0 radical (unpaired) electrons. The number of nitrogens with zero attached hydrogens (tertiary/aromatic N) is 3. The zero-order valence-electron chi connectivity index (χ0n) is 13.8. The second kappa shape index (κ2) is 7.06. The molecule has 0 aliphatic carbocycles. The number of aromatic nitrogens is 3. The van der Waals surface area contributed by atoms with E-state index in [-0.39, 0.29) is 12.1 Å². The normalized spacial score (nSPS) is 10.9. The average molecular weight is 300 g/mol. The lowest BCUT2D eigenvalue weighted by molar-refractivity contribution is 0.847. The van der Waals surface area contributed by atoms with Gasteiger partial charge in [0.2, 0.25) is 17.8 Å². The van der Waals surface area contributed by atoms with Gasteiger partial charge in [0.1, 0.15) is 0 Å². The van der Waals surface area contributed by atoms with Crippen molar-refractivity contribution in [2.24, 2.45) is 0 Å². The SMILES string of the molecule is Cc1ccccc1Nc1nc(NC(C)C)nc(NC(C)C)n1. The number of hydrogen-bond acceptors (Lipinski definition) is 6. The summed E-state index contributed by atoms with van der Waals surface area (Å²) in [6.07, 6.45) is 0. The highest BCUT2D eigenvalue weighted by atomic mass is 15.3. The van der Waals surface area contributed by atoms with E-state index in [1.54, 1.807) is 0 Å². The van der Waals surface area contributed by atoms with Crippen LogP contribution >= 0.6 is 0 Å². The lowest BCUT2D eigenvalue weighted by atomic mass is 10.2. The maximum atomic E-state index is 4.43. The van der Waals surface area contributed by atoms with Gasteiger partial charge in [0.05, 0.1) is 0 Å². The van der Waals surface area contributed by atoms with Gasteiger partial charge in [0.25, 0.3) is 0 Å². The van der Waals surface area contributed by atoms with Gasteiger partial charge in [-0.05, 0) is 46.2 Å². The highest BCUT2D eigenvalue weighted by molar-refractivity contribution is 5.59. The zero-order valence-corrected chi connectivity index (χ0v) is 13.8. The van der Waals surface area contributed by atoms with Crippen LogP contribution < -0.4 is 16.0 Å². The minimum absolute atomic E-state index is 0.251. The number of anilines is 4. The van der Waals surface area contributed by atoms with E-state index in [9.17, 15) is 0 Å². The zero-order chi connectivity index (χ0) is 16.1. The quantitative estimate of drug-likeness (QED) is 0.757. The molecular formula is C16H24N6. The average Bonchev–Trinajstić information content (AvgIpc) is 2.39. The first-order valence-electron chi connectivity index (χ1n) is 7.56. The Labute approximate surface area is 131 Å². The Hall–Kier alpha value is -2.37. The number of aryl methyl sites for hydroxylation is 1. The van der Waals surface area contributed by atoms with E-state index in [0.29, 0.717) is 17.8 Å². The second-order valence-corrected chi connectivity index (χ2v) is 5.84. The number of hydrogen-bond donors (Lipinski definition) is 3. The molecule has 0 aliphatic heterocycles. The van der Waals surface area contributed by atoms with Crippen LogP contribution in [0.3, 0.4) is 0 Å². The minimum Gasteiger partial charge on any atom is -0.352 e. The third kappa shape index (κ3) is 4.58. The van der Waals surface area contributed by atoms with Crippen LogP contribution in [0.25, 0.3) is 0 Å². The summed E-state index contributed by atoms with van der Waals surface area (Å²) in [4.78, 5) is 13.3. The first kappa shape index (κ1) is 16.0. The molecule has 22 heavy (non-hydrogen) atoms. The van der Waals surface area contributed by atoms with E-state index in [1.807, 2.05) is 58.9 Å². The van der Waals surface area contributed by atoms with Crippen LogP contribution in [0, 0.1) is 6.92 Å². The molecule has 2 aromatic rings. The first-order chi connectivity index (χ1) is 10.4. The summed E-state index contributed by atoms with van der Waals surface area (Å²) < 4.78 is 0. The Bertz CT molecular complexity index is 596. The van der Waals surface area contributed by atoms with E-state index in [4.69, 9.17) is 0 Å². The highest BCUT2D eigenvalue weighted by Gasteiger charge is 2.09. The molecule has 0 unspecified atom stereocenters. The molecule has 0 bridgehead atoms. The van der Waals surface area contributed by atoms with Gasteiger partial charge in [-0.3, -0.25) is 0 Å². The van der Waals surface area contributed by atoms with Gasteiger partial charge >= 0.3 is 0 Å². The van der Waals surface area contributed by atoms with Gasteiger partial charge in [-0.15, -0.1) is 0 Å². The Morgan fingerprint density at radius 2 is 1.27 bits per heavy atom. The number of para-hydroxylation sites is 1. The Balaban J connectivity index is 2.30. The molecule has 6 heteroatoms. The Morgan fingerprint density at radius 3 is 1.77 bits per heavy atom. The van der Waals surface area contributed by atoms with Crippen molar-refractivity contribution in [3.63, 3.8) is 0 Å². The molecule has 0 fully saturated rings. The second-order valence-electron chi connectivity index (χ2n) is 5.84. The summed E-state index contributed by atoms with van der Waals surface area (Å²) in [7, 11) is 0. The van der Waals surface area contributed by atoms with Gasteiger partial charge in [0.15, 0.2) is 0 Å². The summed E-state index contributed by atoms with van der Waals surface area (Å²) in [6, 6.07) is 8.54. The van der Waals surface area contributed by atoms with E-state index >= 15 is 0 Å². The van der Waals surface area contributed by atoms with Crippen LogP contribution in [0.1, 0.15) is 33.3 Å². The van der Waals surface area contributed by atoms with Crippen LogP contribution in [0.4, 0.5) is 23.5 Å². The smallest absolute Gasteiger partial charge is 0.233 e. The molecule has 1 aromatic carbocycles. The van der Waals surface area contributed by atoms with E-state index in [1.165, 1.54) is 0 Å². The van der Waals surface area contributed by atoms with Crippen molar-refractivity contribution >= 4 is 23.5 Å². The van der Waals surface area contributed by atoms with E-state index in [0.717, 1.165) is 11.3 Å². The molecule has 118 valence electrons. The van der Waals surface area contributed by atoms with E-state index in [2.05, 4.69) is 30.9 Å². The predicted molar refractivity (Wildman–Crippen MR) is 91.8 cm³/mol. The molecule has 6 nitrogen and oxygen atoms in total. The lowest BCUT2D eigenvalue weighted by Crippen LogP contribution is -2.18. The van der Waals surface area contributed by atoms with Crippen molar-refractivity contribution in [2.45, 2.75) is 46.7 Å². The van der Waals surface area contributed by atoms with Crippen LogP contribution in [0.15, 0.2) is 24.3 Å². The summed E-state index contributed by atoms with van der Waals surface area (Å²) in [6.45, 7) is 10.2. The molecule has 3 N–H and O–H groups in total. The third-order valence-electron chi connectivity index (χ3n) is 2.86. The monoisotopic (exact) mass is 300 g/mol. The molecule has 1 aromatic heterocycles. The predicted octanol–water partition coefficient (Wildman–Crippen LogP) is 3.56. The van der Waals surface area contributed by atoms with Crippen molar-refractivity contribution in [1.82, 2.24) is 15.0 Å². The Kier molecular flexibility index (Phi) is 5.14. The van der Waals surface area contributed by atoms with Gasteiger partial charge in [-0.1, -0.05) is 18.2 Å². The van der Waals surface area contributed by atoms with Crippen LogP contribution in [-0.4, -0.2) is 27.0 Å². The largest absolute Gasteiger partial charge is 0.352 e. The molecule has 0 atom stereocenters. The first-order valence-corrected chi connectivity index (χ1v) is 7.56. The van der Waals surface area contributed by atoms with E-state index < -0.39 is 0 Å². The topological polar surface area (TPSA) is 74.8 Å². The molecule has 0 amide bonds. The van der Waals surface area contributed by atoms with Crippen molar-refractivity contribution in [3.8, 4) is 0 Å². The number of benzene rings is 1. The molecule has 0 saturated carbocycles.